The van der Waals surface area contributed by atoms with E-state index in [-0.39, 0.29) is 5.91 Å². The second-order valence-electron chi connectivity index (χ2n) is 7.48. The Morgan fingerprint density at radius 2 is 1.97 bits per heavy atom. The number of carbonyl (C=O) groups is 1. The number of fused-ring (bicyclic) bond motifs is 1. The fourth-order valence-electron chi connectivity index (χ4n) is 3.82. The van der Waals surface area contributed by atoms with Crippen LogP contribution in [0.2, 0.25) is 5.02 Å². The fourth-order valence-corrected chi connectivity index (χ4v) is 3.95. The minimum atomic E-state index is -0.143. The van der Waals surface area contributed by atoms with E-state index in [4.69, 9.17) is 21.6 Å². The molecule has 0 aliphatic carbocycles. The minimum Gasteiger partial charge on any atom is -0.355 e. The molecule has 1 aliphatic rings. The molecule has 32 heavy (non-hydrogen) atoms. The average molecular weight is 442 g/mol. The maximum atomic E-state index is 12.1. The van der Waals surface area contributed by atoms with E-state index in [9.17, 15) is 4.79 Å². The zero-order valence-electron chi connectivity index (χ0n) is 17.4. The summed E-state index contributed by atoms with van der Waals surface area (Å²) in [5, 5.41) is 3.36. The van der Waals surface area contributed by atoms with Crippen LogP contribution in [0.25, 0.3) is 16.7 Å². The van der Waals surface area contributed by atoms with Crippen LogP contribution in [0.4, 0.5) is 0 Å². The van der Waals surface area contributed by atoms with Gasteiger partial charge in [0.1, 0.15) is 5.70 Å². The first-order chi connectivity index (χ1) is 15.6. The number of hydrogen-bond acceptors (Lipinski definition) is 4. The first-order valence-electron chi connectivity index (χ1n) is 10.3. The van der Waals surface area contributed by atoms with E-state index in [0.29, 0.717) is 23.6 Å². The molecule has 1 aliphatic heterocycles. The molecule has 0 radical (unpaired) electrons. The molecule has 2 aromatic carbocycles. The van der Waals surface area contributed by atoms with E-state index in [1.807, 2.05) is 60.7 Å². The molecule has 2 aromatic heterocycles. The van der Waals surface area contributed by atoms with Gasteiger partial charge in [0.2, 0.25) is 0 Å². The van der Waals surface area contributed by atoms with Crippen LogP contribution in [0.15, 0.2) is 77.9 Å². The van der Waals surface area contributed by atoms with Gasteiger partial charge in [0, 0.05) is 30.3 Å². The number of nitrogens with one attached hydrogen (secondary N) is 1. The monoisotopic (exact) mass is 441 g/mol. The third-order valence-electron chi connectivity index (χ3n) is 5.43. The van der Waals surface area contributed by atoms with Gasteiger partial charge < -0.3 is 9.88 Å². The molecule has 0 fully saturated rings. The van der Waals surface area contributed by atoms with Crippen molar-refractivity contribution < 1.29 is 4.79 Å². The molecule has 0 saturated carbocycles. The zero-order valence-corrected chi connectivity index (χ0v) is 18.2. The molecule has 0 unspecified atom stereocenters. The molecule has 0 bridgehead atoms. The number of benzene rings is 2. The second kappa shape index (κ2) is 8.40. The number of amides is 1. The second-order valence-corrected chi connectivity index (χ2v) is 7.92. The van der Waals surface area contributed by atoms with Crippen molar-refractivity contribution >= 4 is 40.0 Å². The molecular formula is C25H20ClN5O. The van der Waals surface area contributed by atoms with E-state index in [1.54, 1.807) is 13.2 Å². The van der Waals surface area contributed by atoms with Crippen LogP contribution in [0.5, 0.6) is 0 Å². The predicted molar refractivity (Wildman–Crippen MR) is 127 cm³/mol. The van der Waals surface area contributed by atoms with E-state index < -0.39 is 0 Å². The van der Waals surface area contributed by atoms with Crippen molar-refractivity contribution in [2.24, 2.45) is 4.99 Å². The van der Waals surface area contributed by atoms with Gasteiger partial charge >= 0.3 is 0 Å². The number of halogens is 1. The number of carbonyl (C=O) groups excluding carboxylic acids is 1. The molecule has 6 nitrogen and oxygen atoms in total. The number of hydrogen-bond donors (Lipinski definition) is 1. The highest BCUT2D eigenvalue weighted by Crippen LogP contribution is 2.29. The number of imidazole rings is 1. The lowest BCUT2D eigenvalue weighted by Gasteiger charge is -2.09. The summed E-state index contributed by atoms with van der Waals surface area (Å²) >= 11 is 6.03. The average Bonchev–Trinajstić information content (AvgIpc) is 3.45. The van der Waals surface area contributed by atoms with Crippen molar-refractivity contribution in [2.75, 3.05) is 7.05 Å². The van der Waals surface area contributed by atoms with Crippen molar-refractivity contribution in [3.05, 3.63) is 101 Å². The van der Waals surface area contributed by atoms with Crippen LogP contribution in [-0.2, 0) is 6.54 Å². The maximum absolute atomic E-state index is 12.1. The highest BCUT2D eigenvalue weighted by Gasteiger charge is 2.20. The topological polar surface area (TPSA) is 72.2 Å². The molecule has 0 saturated heterocycles. The Morgan fingerprint density at radius 1 is 1.12 bits per heavy atom. The Morgan fingerprint density at radius 3 is 2.72 bits per heavy atom. The first kappa shape index (κ1) is 20.2. The van der Waals surface area contributed by atoms with E-state index >= 15 is 0 Å². The quantitative estimate of drug-likeness (QED) is 0.486. The molecule has 0 spiro atoms. The molecule has 1 amide bonds. The predicted octanol–water partition coefficient (Wildman–Crippen LogP) is 4.73. The lowest BCUT2D eigenvalue weighted by molar-refractivity contribution is 0.0963. The van der Waals surface area contributed by atoms with Crippen LogP contribution in [-0.4, -0.2) is 33.2 Å². The van der Waals surface area contributed by atoms with Gasteiger partial charge in [-0.1, -0.05) is 29.8 Å². The third kappa shape index (κ3) is 3.81. The molecule has 158 valence electrons. The Hall–Kier alpha value is -3.77. The Bertz CT molecular complexity index is 1370. The van der Waals surface area contributed by atoms with Gasteiger partial charge in [-0.3, -0.25) is 9.78 Å². The molecule has 3 heterocycles. The normalized spacial score (nSPS) is 13.2. The highest BCUT2D eigenvalue weighted by molar-refractivity contribution is 6.30. The molecule has 1 N–H and O–H groups in total. The van der Waals surface area contributed by atoms with Crippen LogP contribution < -0.4 is 5.32 Å². The number of pyridine rings is 1. The third-order valence-corrected chi connectivity index (χ3v) is 5.69. The van der Waals surface area contributed by atoms with Gasteiger partial charge in [-0.15, -0.1) is 0 Å². The summed E-state index contributed by atoms with van der Waals surface area (Å²) in [7, 11) is 1.62. The summed E-state index contributed by atoms with van der Waals surface area (Å²) in [4.78, 5) is 26.3. The van der Waals surface area contributed by atoms with Gasteiger partial charge in [0.05, 0.1) is 29.0 Å². The van der Waals surface area contributed by atoms with Crippen molar-refractivity contribution in [1.29, 1.82) is 0 Å². The Kier molecular flexibility index (Phi) is 5.29. The molecular weight excluding hydrogens is 422 g/mol. The fraction of sp³-hybridized carbons (Fsp3) is 0.120. The van der Waals surface area contributed by atoms with Crippen molar-refractivity contribution in [3.8, 4) is 0 Å². The van der Waals surface area contributed by atoms with Gasteiger partial charge in [0.25, 0.3) is 5.91 Å². The minimum absolute atomic E-state index is 0.143. The number of aliphatic imine (C=N–C) groups is 1. The summed E-state index contributed by atoms with van der Waals surface area (Å²) in [5.74, 6) is 0.611. The van der Waals surface area contributed by atoms with E-state index in [0.717, 1.165) is 39.5 Å². The summed E-state index contributed by atoms with van der Waals surface area (Å²) < 4.78 is 2.10. The van der Waals surface area contributed by atoms with Crippen molar-refractivity contribution in [2.45, 2.75) is 13.0 Å². The van der Waals surface area contributed by atoms with E-state index in [2.05, 4.69) is 20.9 Å². The zero-order chi connectivity index (χ0) is 22.1. The lowest BCUT2D eigenvalue weighted by Crippen LogP contribution is -2.17. The number of rotatable bonds is 5. The summed E-state index contributed by atoms with van der Waals surface area (Å²) in [6.45, 7) is 0.551. The molecule has 0 atom stereocenters. The van der Waals surface area contributed by atoms with Gasteiger partial charge in [-0.05, 0) is 54.1 Å². The van der Waals surface area contributed by atoms with Crippen LogP contribution in [0.1, 0.15) is 33.9 Å². The Balaban J connectivity index is 1.60. The van der Waals surface area contributed by atoms with E-state index in [1.165, 1.54) is 0 Å². The SMILES string of the molecule is CNC(=O)c1ccc2c(c1)nc(C1=CCC(c3ccc(Cl)cc3)=N1)n2Cc1ccccn1. The van der Waals surface area contributed by atoms with Gasteiger partial charge in [-0.25, -0.2) is 9.98 Å². The molecule has 5 rings (SSSR count). The van der Waals surface area contributed by atoms with Crippen LogP contribution in [0, 0.1) is 0 Å². The maximum Gasteiger partial charge on any atom is 0.251 e. The molecule has 7 heteroatoms. The summed E-state index contributed by atoms with van der Waals surface area (Å²) in [6, 6.07) is 19.1. The largest absolute Gasteiger partial charge is 0.355 e. The van der Waals surface area contributed by atoms with Crippen molar-refractivity contribution in [3.63, 3.8) is 0 Å². The summed E-state index contributed by atoms with van der Waals surface area (Å²) in [5.41, 5.74) is 5.98. The number of aromatic nitrogens is 3. The van der Waals surface area contributed by atoms with Gasteiger partial charge in [0.15, 0.2) is 5.82 Å². The molecule has 4 aromatic rings. The van der Waals surface area contributed by atoms with Crippen LogP contribution in [0.3, 0.4) is 0 Å². The Labute approximate surface area is 190 Å². The smallest absolute Gasteiger partial charge is 0.251 e. The lowest BCUT2D eigenvalue weighted by atomic mass is 10.1. The summed E-state index contributed by atoms with van der Waals surface area (Å²) in [6.07, 6.45) is 4.58. The first-order valence-corrected chi connectivity index (χ1v) is 10.7. The van der Waals surface area contributed by atoms with Crippen LogP contribution >= 0.6 is 11.6 Å². The van der Waals surface area contributed by atoms with Gasteiger partial charge in [-0.2, -0.15) is 0 Å². The number of allylic oxidation sites excluding steroid dienone is 1. The standard InChI is InChI=1S/C25H20ClN5O/c1-27-25(32)17-7-12-23-22(14-17)30-24(31(23)15-19-4-2-3-13-28-19)21-11-10-20(29-21)16-5-8-18(26)9-6-16/h2-9,11-14H,10,15H2,1H3,(H,27,32). The highest BCUT2D eigenvalue weighted by atomic mass is 35.5. The van der Waals surface area contributed by atoms with Crippen molar-refractivity contribution in [1.82, 2.24) is 19.9 Å². The number of nitrogens with zero attached hydrogens (tertiary/aromatic N) is 4.